The lowest BCUT2D eigenvalue weighted by Crippen LogP contribution is -2.12. The minimum Gasteiger partial charge on any atom is -0.459 e. The smallest absolute Gasteiger partial charge is 0.292 e. The van der Waals surface area contributed by atoms with Crippen molar-refractivity contribution in [1.29, 1.82) is 0 Å². The van der Waals surface area contributed by atoms with Crippen molar-refractivity contribution in [1.82, 2.24) is 10.2 Å². The van der Waals surface area contributed by atoms with E-state index >= 15 is 0 Å². The lowest BCUT2D eigenvalue weighted by molar-refractivity contribution is 0.0993. The van der Waals surface area contributed by atoms with Gasteiger partial charge >= 0.3 is 0 Å². The molecule has 2 heterocycles. The van der Waals surface area contributed by atoms with Crippen LogP contribution in [0.1, 0.15) is 27.8 Å². The van der Waals surface area contributed by atoms with Crippen molar-refractivity contribution in [2.75, 3.05) is 10.6 Å². The van der Waals surface area contributed by atoms with Gasteiger partial charge in [0.25, 0.3) is 5.91 Å². The molecule has 3 rings (SSSR count). The Balaban J connectivity index is 1.64. The number of hydrogen-bond acceptors (Lipinski definition) is 6. The molecule has 7 nitrogen and oxygen atoms in total. The van der Waals surface area contributed by atoms with Gasteiger partial charge in [-0.15, -0.1) is 10.2 Å². The lowest BCUT2D eigenvalue weighted by atomic mass is 10.1. The van der Waals surface area contributed by atoms with Gasteiger partial charge in [0.05, 0.1) is 6.26 Å². The van der Waals surface area contributed by atoms with Crippen LogP contribution in [-0.4, -0.2) is 21.9 Å². The molecule has 0 radical (unpaired) electrons. The highest BCUT2D eigenvalue weighted by atomic mass is 16.3. The van der Waals surface area contributed by atoms with Crippen LogP contribution in [0.3, 0.4) is 0 Å². The van der Waals surface area contributed by atoms with E-state index in [4.69, 9.17) is 4.42 Å². The summed E-state index contributed by atoms with van der Waals surface area (Å²) in [6.07, 6.45) is 1.42. The van der Waals surface area contributed by atoms with Crippen LogP contribution in [0.4, 0.5) is 17.3 Å². The van der Waals surface area contributed by atoms with E-state index < -0.39 is 5.91 Å². The average molecular weight is 322 g/mol. The Morgan fingerprint density at radius 2 is 1.67 bits per heavy atom. The molecular weight excluding hydrogens is 308 g/mol. The highest BCUT2D eigenvalue weighted by Crippen LogP contribution is 2.16. The number of anilines is 3. The molecule has 2 N–H and O–H groups in total. The Morgan fingerprint density at radius 1 is 0.958 bits per heavy atom. The third-order valence-electron chi connectivity index (χ3n) is 3.21. The molecule has 0 aliphatic carbocycles. The normalized spacial score (nSPS) is 10.2. The highest BCUT2D eigenvalue weighted by Gasteiger charge is 2.09. The summed E-state index contributed by atoms with van der Waals surface area (Å²) in [5, 5.41) is 13.6. The number of nitrogens with one attached hydrogen (secondary N) is 2. The number of amides is 1. The number of rotatable bonds is 5. The van der Waals surface area contributed by atoms with Gasteiger partial charge in [0.2, 0.25) is 0 Å². The molecule has 0 saturated heterocycles. The third-order valence-corrected chi connectivity index (χ3v) is 3.21. The van der Waals surface area contributed by atoms with E-state index in [1.54, 1.807) is 48.5 Å². The van der Waals surface area contributed by atoms with Crippen LogP contribution in [0.5, 0.6) is 0 Å². The number of hydrogen-bond donors (Lipinski definition) is 2. The van der Waals surface area contributed by atoms with Crippen molar-refractivity contribution in [3.8, 4) is 0 Å². The van der Waals surface area contributed by atoms with E-state index in [9.17, 15) is 9.59 Å². The van der Waals surface area contributed by atoms with Crippen LogP contribution >= 0.6 is 0 Å². The quantitative estimate of drug-likeness (QED) is 0.700. The maximum absolute atomic E-state index is 11.8. The molecule has 0 spiro atoms. The van der Waals surface area contributed by atoms with Gasteiger partial charge in [0, 0.05) is 11.3 Å². The molecule has 120 valence electrons. The predicted molar refractivity (Wildman–Crippen MR) is 88.4 cm³/mol. The topological polar surface area (TPSA) is 97.1 Å². The van der Waals surface area contributed by atoms with Crippen LogP contribution in [0.2, 0.25) is 0 Å². The van der Waals surface area contributed by atoms with Gasteiger partial charge in [-0.25, -0.2) is 0 Å². The van der Waals surface area contributed by atoms with E-state index in [0.717, 1.165) is 5.69 Å². The van der Waals surface area contributed by atoms with Crippen molar-refractivity contribution in [3.63, 3.8) is 0 Å². The van der Waals surface area contributed by atoms with Gasteiger partial charge in [-0.05, 0) is 55.5 Å². The molecule has 3 aromatic rings. The van der Waals surface area contributed by atoms with Crippen molar-refractivity contribution >= 4 is 29.0 Å². The zero-order valence-electron chi connectivity index (χ0n) is 12.8. The van der Waals surface area contributed by atoms with E-state index in [1.165, 1.54) is 13.2 Å². The first-order valence-corrected chi connectivity index (χ1v) is 7.18. The largest absolute Gasteiger partial charge is 0.459 e. The summed E-state index contributed by atoms with van der Waals surface area (Å²) < 4.78 is 5.00. The Bertz CT molecular complexity index is 841. The summed E-state index contributed by atoms with van der Waals surface area (Å²) in [5.74, 6) is 0.646. The SMILES string of the molecule is CC(=O)c1ccc(Nc2ccc(NC(=O)c3ccco3)nn2)cc1. The van der Waals surface area contributed by atoms with Gasteiger partial charge in [0.1, 0.15) is 0 Å². The molecule has 0 fully saturated rings. The summed E-state index contributed by atoms with van der Waals surface area (Å²) >= 11 is 0. The van der Waals surface area contributed by atoms with Crippen molar-refractivity contribution < 1.29 is 14.0 Å². The Morgan fingerprint density at radius 3 is 2.25 bits per heavy atom. The molecule has 1 amide bonds. The molecular formula is C17H14N4O3. The maximum atomic E-state index is 11.8. The minimum absolute atomic E-state index is 0.0120. The highest BCUT2D eigenvalue weighted by molar-refractivity contribution is 6.01. The van der Waals surface area contributed by atoms with E-state index in [1.807, 2.05) is 0 Å². The second-order valence-electron chi connectivity index (χ2n) is 4.99. The third kappa shape index (κ3) is 3.64. The molecule has 0 atom stereocenters. The number of nitrogens with zero attached hydrogens (tertiary/aromatic N) is 2. The fourth-order valence-corrected chi connectivity index (χ4v) is 1.99. The van der Waals surface area contributed by atoms with Crippen LogP contribution in [0.15, 0.2) is 59.2 Å². The number of aromatic nitrogens is 2. The molecule has 2 aromatic heterocycles. The average Bonchev–Trinajstić information content (AvgIpc) is 3.12. The van der Waals surface area contributed by atoms with Gasteiger partial charge in [-0.1, -0.05) is 0 Å². The first-order chi connectivity index (χ1) is 11.6. The van der Waals surface area contributed by atoms with Gasteiger partial charge in [-0.3, -0.25) is 9.59 Å². The van der Waals surface area contributed by atoms with E-state index in [-0.39, 0.29) is 11.5 Å². The number of Topliss-reactive ketones (excluding diaryl/α,β-unsaturated/α-hetero) is 1. The summed E-state index contributed by atoms with van der Waals surface area (Å²) in [5.41, 5.74) is 1.42. The number of carbonyl (C=O) groups excluding carboxylic acids is 2. The summed E-state index contributed by atoms with van der Waals surface area (Å²) in [6.45, 7) is 1.52. The molecule has 0 saturated carbocycles. The molecule has 24 heavy (non-hydrogen) atoms. The summed E-state index contributed by atoms with van der Waals surface area (Å²) in [6, 6.07) is 13.5. The second-order valence-corrected chi connectivity index (χ2v) is 4.99. The Labute approximate surface area is 137 Å². The predicted octanol–water partition coefficient (Wildman–Crippen LogP) is 3.27. The molecule has 0 aliphatic heterocycles. The van der Waals surface area contributed by atoms with E-state index in [2.05, 4.69) is 20.8 Å². The Kier molecular flexibility index (Phi) is 4.33. The van der Waals surface area contributed by atoms with Crippen molar-refractivity contribution in [2.45, 2.75) is 6.92 Å². The maximum Gasteiger partial charge on any atom is 0.292 e. The number of carbonyl (C=O) groups is 2. The fourth-order valence-electron chi connectivity index (χ4n) is 1.99. The van der Waals surface area contributed by atoms with E-state index in [0.29, 0.717) is 17.2 Å². The number of benzene rings is 1. The monoisotopic (exact) mass is 322 g/mol. The van der Waals surface area contributed by atoms with Gasteiger partial charge in [-0.2, -0.15) is 0 Å². The van der Waals surface area contributed by atoms with Crippen molar-refractivity contribution in [3.05, 3.63) is 66.1 Å². The van der Waals surface area contributed by atoms with Crippen LogP contribution < -0.4 is 10.6 Å². The number of furan rings is 1. The first-order valence-electron chi connectivity index (χ1n) is 7.18. The summed E-state index contributed by atoms with van der Waals surface area (Å²) in [7, 11) is 0. The molecule has 0 unspecified atom stereocenters. The van der Waals surface area contributed by atoms with Crippen LogP contribution in [-0.2, 0) is 0 Å². The molecule has 1 aromatic carbocycles. The zero-order valence-corrected chi connectivity index (χ0v) is 12.8. The minimum atomic E-state index is -0.394. The zero-order chi connectivity index (χ0) is 16.9. The molecule has 0 bridgehead atoms. The van der Waals surface area contributed by atoms with Crippen molar-refractivity contribution in [2.24, 2.45) is 0 Å². The summed E-state index contributed by atoms with van der Waals surface area (Å²) in [4.78, 5) is 23.1. The second kappa shape index (κ2) is 6.74. The fraction of sp³-hybridized carbons (Fsp3) is 0.0588. The lowest BCUT2D eigenvalue weighted by Gasteiger charge is -2.06. The first kappa shape index (κ1) is 15.4. The van der Waals surface area contributed by atoms with Crippen LogP contribution in [0, 0.1) is 0 Å². The number of ketones is 1. The van der Waals surface area contributed by atoms with Crippen LogP contribution in [0.25, 0.3) is 0 Å². The Hall–Kier alpha value is -3.48. The standard InChI is InChI=1S/C17H14N4O3/c1-11(22)12-4-6-13(7-5-12)18-15-8-9-16(21-20-15)19-17(23)14-3-2-10-24-14/h2-10H,1H3,(H,18,20)(H,19,21,23). The molecule has 0 aliphatic rings. The molecule has 7 heteroatoms. The van der Waals surface area contributed by atoms with Gasteiger partial charge < -0.3 is 15.1 Å². The van der Waals surface area contributed by atoms with Gasteiger partial charge in [0.15, 0.2) is 23.2 Å².